The molecule has 0 aliphatic heterocycles. The summed E-state index contributed by atoms with van der Waals surface area (Å²) in [5.74, 6) is 0.0573. The second-order valence-electron chi connectivity index (χ2n) is 14.2. The van der Waals surface area contributed by atoms with Crippen molar-refractivity contribution in [2.24, 2.45) is 11.8 Å². The molecule has 0 unspecified atom stereocenters. The molecule has 4 nitrogen and oxygen atoms in total. The maximum Gasteiger partial charge on any atom is 0.162 e. The van der Waals surface area contributed by atoms with E-state index in [1.807, 2.05) is 27.7 Å². The van der Waals surface area contributed by atoms with E-state index in [1.54, 1.807) is 11.3 Å². The number of nitrogens with zero attached hydrogens (tertiary/aromatic N) is 2. The van der Waals surface area contributed by atoms with Crippen LogP contribution >= 0.6 is 11.3 Å². The fourth-order valence-electron chi connectivity index (χ4n) is 6.96. The van der Waals surface area contributed by atoms with Gasteiger partial charge < -0.3 is 5.11 Å². The predicted octanol–water partition coefficient (Wildman–Crippen LogP) is 11.9. The second kappa shape index (κ2) is 17.5. The van der Waals surface area contributed by atoms with Gasteiger partial charge in [-0.15, -0.1) is 40.1 Å². The monoisotopic (exact) mass is 872 g/mol. The third-order valence-electron chi connectivity index (χ3n) is 9.99. The van der Waals surface area contributed by atoms with Crippen LogP contribution in [0.5, 0.6) is 0 Å². The molecule has 263 valence electrons. The van der Waals surface area contributed by atoms with Crippen LogP contribution in [-0.2, 0) is 24.9 Å². The van der Waals surface area contributed by atoms with Gasteiger partial charge in [0.2, 0.25) is 0 Å². The van der Waals surface area contributed by atoms with Crippen LogP contribution in [0.2, 0.25) is 19.6 Å². The number of carbonyl (C=O) groups excluding carboxylic acids is 1. The SMILES string of the molecule is CCC(CC)C(=O)/C=C(\O)C(CC)CC.[2H]c1nc(-c2[c-]c3ccccc3c([Si](C)(C)C)c2)c2sc3cc(C4([2H])CCCCC4)ccc3c2n1.[Ir]. The number of hydrogen-bond donors (Lipinski definition) is 1. The third-order valence-corrected chi connectivity index (χ3v) is 13.2. The molecule has 7 heteroatoms. The number of benzene rings is 3. The molecule has 5 aromatic rings. The molecule has 1 aliphatic rings. The first kappa shape index (κ1) is 36.1. The van der Waals surface area contributed by atoms with Crippen molar-refractivity contribution in [1.29, 1.82) is 0 Å². The molecule has 0 amide bonds. The summed E-state index contributed by atoms with van der Waals surface area (Å²) in [4.78, 5) is 20.9. The number of ketones is 1. The molecule has 2 heterocycles. The zero-order chi connectivity index (χ0) is 36.2. The molecular weight excluding hydrogens is 817 g/mol. The van der Waals surface area contributed by atoms with E-state index in [9.17, 15) is 9.90 Å². The minimum absolute atomic E-state index is 0. The molecule has 2 aromatic heterocycles. The van der Waals surface area contributed by atoms with E-state index in [0.717, 1.165) is 93.9 Å². The van der Waals surface area contributed by atoms with Crippen LogP contribution in [0.4, 0.5) is 0 Å². The quantitative estimate of drug-likeness (QED) is 0.0657. The van der Waals surface area contributed by atoms with Crippen molar-refractivity contribution in [3.8, 4) is 11.3 Å². The van der Waals surface area contributed by atoms with E-state index in [-0.39, 0.29) is 49.8 Å². The Kier molecular flexibility index (Phi) is 12.9. The van der Waals surface area contributed by atoms with Gasteiger partial charge in [0.1, 0.15) is 7.67 Å². The minimum Gasteiger partial charge on any atom is -0.512 e. The number of fused-ring (bicyclic) bond motifs is 4. The topological polar surface area (TPSA) is 63.1 Å². The maximum absolute atomic E-state index is 11.7. The first-order chi connectivity index (χ1) is 23.8. The van der Waals surface area contributed by atoms with Gasteiger partial charge >= 0.3 is 0 Å². The number of allylic oxidation sites excluding steroid dienone is 2. The van der Waals surface area contributed by atoms with Crippen LogP contribution in [0.15, 0.2) is 66.7 Å². The Bertz CT molecular complexity index is 2010. The summed E-state index contributed by atoms with van der Waals surface area (Å²) < 4.78 is 19.6. The Morgan fingerprint density at radius 2 is 1.65 bits per heavy atom. The molecular formula is C42H53IrN2O2SSi-. The number of aliphatic hydroxyl groups is 1. The molecule has 49 heavy (non-hydrogen) atoms. The average Bonchev–Trinajstić information content (AvgIpc) is 3.46. The van der Waals surface area contributed by atoms with E-state index in [1.165, 1.54) is 23.1 Å². The molecule has 1 N–H and O–H groups in total. The molecule has 0 bridgehead atoms. The number of aromatic nitrogens is 2. The van der Waals surface area contributed by atoms with Crippen LogP contribution in [0.25, 0.3) is 42.3 Å². The summed E-state index contributed by atoms with van der Waals surface area (Å²) in [7, 11) is -1.64. The van der Waals surface area contributed by atoms with Crippen LogP contribution in [-0.4, -0.2) is 28.9 Å². The van der Waals surface area contributed by atoms with Gasteiger partial charge in [-0.1, -0.05) is 108 Å². The van der Waals surface area contributed by atoms with E-state index in [0.29, 0.717) is 0 Å². The van der Waals surface area contributed by atoms with Crippen molar-refractivity contribution in [1.82, 2.24) is 9.97 Å². The first-order valence-corrected chi connectivity index (χ1v) is 22.3. The summed E-state index contributed by atoms with van der Waals surface area (Å²) >= 11 is 1.69. The van der Waals surface area contributed by atoms with Gasteiger partial charge in [0.05, 0.1) is 19.3 Å². The molecule has 3 aromatic carbocycles. The van der Waals surface area contributed by atoms with Gasteiger partial charge in [0.25, 0.3) is 0 Å². The number of carbonyl (C=O) groups is 1. The van der Waals surface area contributed by atoms with Gasteiger partial charge in [0, 0.05) is 59.9 Å². The largest absolute Gasteiger partial charge is 0.512 e. The normalized spacial score (nSPS) is 15.6. The Morgan fingerprint density at radius 3 is 2.31 bits per heavy atom. The van der Waals surface area contributed by atoms with Crippen molar-refractivity contribution in [3.63, 3.8) is 0 Å². The number of thiophene rings is 1. The summed E-state index contributed by atoms with van der Waals surface area (Å²) in [6.07, 6.45) is 10.3. The summed E-state index contributed by atoms with van der Waals surface area (Å²) in [5.41, 5.74) is 3.68. The smallest absolute Gasteiger partial charge is 0.162 e. The number of hydrogen-bond acceptors (Lipinski definition) is 5. The number of rotatable bonds is 10. The molecule has 6 rings (SSSR count). The molecule has 0 atom stereocenters. The molecule has 0 spiro atoms. The van der Waals surface area contributed by atoms with Gasteiger partial charge in [0.15, 0.2) is 5.78 Å². The minimum atomic E-state index is -1.64. The van der Waals surface area contributed by atoms with E-state index < -0.39 is 14.0 Å². The Hall–Kier alpha value is -2.70. The van der Waals surface area contributed by atoms with Crippen LogP contribution in [0, 0.1) is 17.9 Å². The fraction of sp³-hybridized carbons (Fsp3) is 0.452. The van der Waals surface area contributed by atoms with Gasteiger partial charge in [-0.05, 0) is 56.0 Å². The van der Waals surface area contributed by atoms with Crippen LogP contribution < -0.4 is 5.19 Å². The van der Waals surface area contributed by atoms with Crippen molar-refractivity contribution >= 4 is 61.5 Å². The summed E-state index contributed by atoms with van der Waals surface area (Å²) in [5, 5.41) is 14.6. The van der Waals surface area contributed by atoms with Gasteiger partial charge in [-0.25, -0.2) is 4.98 Å². The number of aliphatic hydroxyl groups excluding tert-OH is 1. The standard InChI is InChI=1S/C29H29N2SSi.C13H24O2.Ir/c1-33(2,3)26-17-22(15-21-11-7-8-12-23(21)26)27-29-28(31-18-30-27)24-14-13-20(16-25(24)32-29)19-9-5-4-6-10-19;1-5-10(6-2)12(14)9-13(15)11(7-3)8-4;/h7-8,11-14,16-19H,4-6,9-10H2,1-3H3;9-11,14H,5-8H2,1-4H3;/q-1;;/b;12-9-;/i18D,19D;;. The van der Waals surface area contributed by atoms with Crippen molar-refractivity contribution in [3.05, 3.63) is 78.3 Å². The fourth-order valence-corrected chi connectivity index (χ4v) is 9.75. The Labute approximate surface area is 315 Å². The van der Waals surface area contributed by atoms with E-state index in [2.05, 4.69) is 84.2 Å². The van der Waals surface area contributed by atoms with Crippen molar-refractivity contribution in [2.45, 2.75) is 111 Å². The zero-order valence-electron chi connectivity index (χ0n) is 32.2. The first-order valence-electron chi connectivity index (χ1n) is 18.9. The van der Waals surface area contributed by atoms with Gasteiger partial charge in [-0.2, -0.15) is 0 Å². The van der Waals surface area contributed by atoms with E-state index >= 15 is 0 Å². The summed E-state index contributed by atoms with van der Waals surface area (Å²) in [6, 6.07) is 20.8. The Morgan fingerprint density at radius 1 is 0.980 bits per heavy atom. The maximum atomic E-state index is 11.7. The van der Waals surface area contributed by atoms with Gasteiger partial charge in [-0.3, -0.25) is 9.78 Å². The molecule has 0 saturated heterocycles. The average molecular weight is 872 g/mol. The molecule has 1 radical (unpaired) electrons. The van der Waals surface area contributed by atoms with Crippen LogP contribution in [0.1, 0.15) is 99.7 Å². The van der Waals surface area contributed by atoms with Crippen LogP contribution in [0.3, 0.4) is 0 Å². The zero-order valence-corrected chi connectivity index (χ0v) is 34.4. The van der Waals surface area contributed by atoms with Crippen molar-refractivity contribution < 1.29 is 32.7 Å². The summed E-state index contributed by atoms with van der Waals surface area (Å²) in [6.45, 7) is 15.2. The Balaban J connectivity index is 0.000000312. The van der Waals surface area contributed by atoms with E-state index in [4.69, 9.17) is 2.74 Å². The predicted molar refractivity (Wildman–Crippen MR) is 209 cm³/mol. The second-order valence-corrected chi connectivity index (χ2v) is 20.3. The molecule has 1 aliphatic carbocycles. The molecule has 1 saturated carbocycles. The third kappa shape index (κ3) is 8.97. The molecule has 1 fully saturated rings. The van der Waals surface area contributed by atoms with Crippen molar-refractivity contribution in [2.75, 3.05) is 0 Å².